The Morgan fingerprint density at radius 3 is 2.82 bits per heavy atom. The molecule has 3 aliphatic rings. The molecule has 1 saturated carbocycles. The lowest BCUT2D eigenvalue weighted by Crippen LogP contribution is -2.40. The van der Waals surface area contributed by atoms with Crippen LogP contribution in [0, 0.1) is 11.8 Å². The smallest absolute Gasteiger partial charge is 0.202 e. The molecule has 1 aromatic carbocycles. The molecule has 0 radical (unpaired) electrons. The van der Waals surface area contributed by atoms with E-state index in [9.17, 15) is 5.11 Å². The molecule has 3 nitrogen and oxygen atoms in total. The molecule has 2 unspecified atom stereocenters. The number of ether oxygens (including phenoxy) is 2. The van der Waals surface area contributed by atoms with E-state index in [1.165, 1.54) is 17.6 Å². The van der Waals surface area contributed by atoms with E-state index in [1.807, 2.05) is 0 Å². The summed E-state index contributed by atoms with van der Waals surface area (Å²) in [6.07, 6.45) is 4.30. The van der Waals surface area contributed by atoms with E-state index in [0.717, 1.165) is 36.1 Å². The van der Waals surface area contributed by atoms with Gasteiger partial charge in [0.05, 0.1) is 6.61 Å². The quantitative estimate of drug-likeness (QED) is 0.862. The molecule has 2 heterocycles. The number of aliphatic hydroxyl groups excluding tert-OH is 1. The van der Waals surface area contributed by atoms with E-state index < -0.39 is 0 Å². The van der Waals surface area contributed by atoms with Crippen molar-refractivity contribution in [2.45, 2.75) is 37.9 Å². The summed E-state index contributed by atoms with van der Waals surface area (Å²) in [7, 11) is 0. The van der Waals surface area contributed by atoms with Gasteiger partial charge in [0.1, 0.15) is 12.4 Å². The molecule has 1 N–H and O–H groups in total. The first-order chi connectivity index (χ1) is 10.8. The maximum Gasteiger partial charge on any atom is 0.202 e. The minimum Gasteiger partial charge on any atom is -0.467 e. The largest absolute Gasteiger partial charge is 0.467 e. The number of aliphatic hydroxyl groups is 1. The van der Waals surface area contributed by atoms with E-state index >= 15 is 0 Å². The fraction of sp³-hybridized carbons (Fsp3) is 0.556. The lowest BCUT2D eigenvalue weighted by atomic mass is 9.80. The molecule has 0 bridgehead atoms. The Morgan fingerprint density at radius 2 is 2.05 bits per heavy atom. The average molecular weight is 365 g/mol. The molecule has 1 aliphatic carbocycles. The summed E-state index contributed by atoms with van der Waals surface area (Å²) in [5.41, 5.74) is 2.72. The predicted octanol–water partition coefficient (Wildman–Crippen LogP) is 3.97. The minimum atomic E-state index is -0.145. The molecule has 22 heavy (non-hydrogen) atoms. The molecule has 0 amide bonds. The Hall–Kier alpha value is -0.840. The zero-order chi connectivity index (χ0) is 15.1. The van der Waals surface area contributed by atoms with Gasteiger partial charge in [-0.05, 0) is 60.8 Å². The fourth-order valence-corrected chi connectivity index (χ4v) is 4.60. The van der Waals surface area contributed by atoms with Crippen LogP contribution in [0.1, 0.15) is 37.2 Å². The van der Waals surface area contributed by atoms with Crippen molar-refractivity contribution >= 4 is 15.9 Å². The number of benzene rings is 1. The Bertz CT molecular complexity index is 580. The van der Waals surface area contributed by atoms with Crippen molar-refractivity contribution in [3.05, 3.63) is 45.6 Å². The van der Waals surface area contributed by atoms with Crippen LogP contribution in [0.4, 0.5) is 0 Å². The van der Waals surface area contributed by atoms with E-state index in [1.54, 1.807) is 0 Å². The highest BCUT2D eigenvalue weighted by molar-refractivity contribution is 9.10. The second kappa shape index (κ2) is 5.99. The van der Waals surface area contributed by atoms with Crippen LogP contribution in [-0.4, -0.2) is 24.6 Å². The summed E-state index contributed by atoms with van der Waals surface area (Å²) in [5.74, 6) is 2.26. The van der Waals surface area contributed by atoms with Crippen molar-refractivity contribution in [2.75, 3.05) is 13.2 Å². The molecule has 0 spiro atoms. The second-order valence-electron chi connectivity index (χ2n) is 6.56. The Labute approximate surface area is 139 Å². The molecule has 118 valence electrons. The number of hydrogen-bond acceptors (Lipinski definition) is 3. The first kappa shape index (κ1) is 14.7. The highest BCUT2D eigenvalue weighted by Gasteiger charge is 2.46. The predicted molar refractivity (Wildman–Crippen MR) is 87.3 cm³/mol. The first-order valence-electron chi connectivity index (χ1n) is 8.12. The summed E-state index contributed by atoms with van der Waals surface area (Å²) in [6.45, 7) is 0.767. The third-order valence-electron chi connectivity index (χ3n) is 5.38. The van der Waals surface area contributed by atoms with Gasteiger partial charge in [0.25, 0.3) is 0 Å². The number of hydrogen-bond donors (Lipinski definition) is 1. The van der Waals surface area contributed by atoms with Gasteiger partial charge in [-0.1, -0.05) is 28.1 Å². The van der Waals surface area contributed by atoms with Gasteiger partial charge in [-0.25, -0.2) is 0 Å². The standard InChI is InChI=1S/C18H21BrO3/c19-13-5-3-11(4-6-13)12-8-15-14-2-1-7-21-18(14)22-17(10-20)16(15)9-12/h3-6,12,14-15,18,20H,1-2,7-10H2/t12?,14-,15+,18?/m1/s1. The molecule has 1 aromatic rings. The lowest BCUT2D eigenvalue weighted by Gasteiger charge is -2.40. The third-order valence-corrected chi connectivity index (χ3v) is 5.91. The second-order valence-corrected chi connectivity index (χ2v) is 7.48. The van der Waals surface area contributed by atoms with Gasteiger partial charge in [0.2, 0.25) is 6.29 Å². The van der Waals surface area contributed by atoms with Gasteiger partial charge in [-0.3, -0.25) is 0 Å². The summed E-state index contributed by atoms with van der Waals surface area (Å²) >= 11 is 3.50. The molecule has 4 heteroatoms. The summed E-state index contributed by atoms with van der Waals surface area (Å²) in [4.78, 5) is 0. The van der Waals surface area contributed by atoms with Crippen LogP contribution in [0.25, 0.3) is 0 Å². The van der Waals surface area contributed by atoms with Crippen LogP contribution >= 0.6 is 15.9 Å². The fourth-order valence-electron chi connectivity index (χ4n) is 4.34. The van der Waals surface area contributed by atoms with Crippen LogP contribution in [0.15, 0.2) is 40.1 Å². The number of fused-ring (bicyclic) bond motifs is 3. The van der Waals surface area contributed by atoms with Crippen LogP contribution in [0.2, 0.25) is 0 Å². The Balaban J connectivity index is 1.63. The molecule has 2 aliphatic heterocycles. The van der Waals surface area contributed by atoms with Gasteiger partial charge in [-0.2, -0.15) is 0 Å². The van der Waals surface area contributed by atoms with Gasteiger partial charge >= 0.3 is 0 Å². The summed E-state index contributed by atoms with van der Waals surface area (Å²) in [6, 6.07) is 8.64. The van der Waals surface area contributed by atoms with Crippen molar-refractivity contribution in [3.8, 4) is 0 Å². The van der Waals surface area contributed by atoms with E-state index in [2.05, 4.69) is 40.2 Å². The maximum atomic E-state index is 9.68. The monoisotopic (exact) mass is 364 g/mol. The zero-order valence-electron chi connectivity index (χ0n) is 12.5. The molecule has 1 saturated heterocycles. The van der Waals surface area contributed by atoms with Crippen molar-refractivity contribution in [2.24, 2.45) is 11.8 Å². The minimum absolute atomic E-state index is 0.00846. The average Bonchev–Trinajstić information content (AvgIpc) is 3.00. The van der Waals surface area contributed by atoms with Crippen LogP contribution in [0.5, 0.6) is 0 Å². The van der Waals surface area contributed by atoms with Crippen LogP contribution in [-0.2, 0) is 9.47 Å². The maximum absolute atomic E-state index is 9.68. The first-order valence-corrected chi connectivity index (χ1v) is 8.92. The number of rotatable bonds is 2. The summed E-state index contributed by atoms with van der Waals surface area (Å²) < 4.78 is 12.9. The van der Waals surface area contributed by atoms with Crippen LogP contribution in [0.3, 0.4) is 0 Å². The van der Waals surface area contributed by atoms with E-state index in [-0.39, 0.29) is 12.9 Å². The Morgan fingerprint density at radius 1 is 1.23 bits per heavy atom. The van der Waals surface area contributed by atoms with Gasteiger partial charge < -0.3 is 14.6 Å². The Kier molecular flexibility index (Phi) is 4.01. The van der Waals surface area contributed by atoms with Crippen molar-refractivity contribution in [1.29, 1.82) is 0 Å². The summed E-state index contributed by atoms with van der Waals surface area (Å²) in [5, 5.41) is 9.68. The highest BCUT2D eigenvalue weighted by Crippen LogP contribution is 2.52. The number of halogens is 1. The highest BCUT2D eigenvalue weighted by atomic mass is 79.9. The zero-order valence-corrected chi connectivity index (χ0v) is 14.1. The van der Waals surface area contributed by atoms with E-state index in [0.29, 0.717) is 17.8 Å². The normalized spacial score (nSPS) is 34.1. The van der Waals surface area contributed by atoms with Crippen molar-refractivity contribution in [3.63, 3.8) is 0 Å². The van der Waals surface area contributed by atoms with Gasteiger partial charge in [0, 0.05) is 10.4 Å². The van der Waals surface area contributed by atoms with Gasteiger partial charge in [0.15, 0.2) is 0 Å². The molecule has 2 fully saturated rings. The molecule has 4 rings (SSSR count). The van der Waals surface area contributed by atoms with Crippen molar-refractivity contribution in [1.82, 2.24) is 0 Å². The van der Waals surface area contributed by atoms with Gasteiger partial charge in [-0.15, -0.1) is 0 Å². The molecule has 4 atom stereocenters. The molecule has 0 aromatic heterocycles. The molecular weight excluding hydrogens is 344 g/mol. The number of allylic oxidation sites excluding steroid dienone is 1. The van der Waals surface area contributed by atoms with Crippen LogP contribution < -0.4 is 0 Å². The topological polar surface area (TPSA) is 38.7 Å². The van der Waals surface area contributed by atoms with Crippen molar-refractivity contribution < 1.29 is 14.6 Å². The third kappa shape index (κ3) is 2.51. The SMILES string of the molecule is OCC1=C2CC(c3ccc(Br)cc3)C[C@H]2[C@H]2CCCOC2O1. The lowest BCUT2D eigenvalue weighted by molar-refractivity contribution is -0.194. The molecular formula is C18H21BrO3. The van der Waals surface area contributed by atoms with E-state index in [4.69, 9.17) is 9.47 Å².